The van der Waals surface area contributed by atoms with Gasteiger partial charge in [0, 0.05) is 6.42 Å². The zero-order valence-electron chi connectivity index (χ0n) is 9.98. The van der Waals surface area contributed by atoms with E-state index in [4.69, 9.17) is 0 Å². The van der Waals surface area contributed by atoms with Crippen molar-refractivity contribution in [2.45, 2.75) is 64.2 Å². The van der Waals surface area contributed by atoms with Crippen molar-refractivity contribution in [1.29, 1.82) is 0 Å². The van der Waals surface area contributed by atoms with E-state index in [1.165, 1.54) is 56.1 Å². The second-order valence-corrected chi connectivity index (χ2v) is 5.38. The van der Waals surface area contributed by atoms with E-state index in [1.807, 2.05) is 0 Å². The molecule has 0 N–H and O–H groups in total. The molecule has 3 rings (SSSR count). The van der Waals surface area contributed by atoms with Gasteiger partial charge in [-0.25, -0.2) is 0 Å². The van der Waals surface area contributed by atoms with Gasteiger partial charge in [-0.2, -0.15) is 0 Å². The Morgan fingerprint density at radius 2 is 1.19 bits per heavy atom. The highest BCUT2D eigenvalue weighted by Crippen LogP contribution is 2.42. The van der Waals surface area contributed by atoms with Crippen LogP contribution in [0.3, 0.4) is 0 Å². The van der Waals surface area contributed by atoms with Crippen LogP contribution in [-0.2, 0) is 4.79 Å². The van der Waals surface area contributed by atoms with Crippen molar-refractivity contribution in [3.05, 3.63) is 22.3 Å². The van der Waals surface area contributed by atoms with E-state index >= 15 is 0 Å². The molecule has 0 unspecified atom stereocenters. The molecule has 1 heteroatoms. The standard InChI is InChI=1S/C15H20O/c16-15-10-4-9-14(15)13-8-3-7-12(13)11-5-1-2-6-11/h1-10H2/b14-13-. The minimum Gasteiger partial charge on any atom is -0.295 e. The summed E-state index contributed by atoms with van der Waals surface area (Å²) in [5, 5.41) is 0. The number of ketones is 1. The fourth-order valence-corrected chi connectivity index (χ4v) is 3.61. The molecule has 0 amide bonds. The van der Waals surface area contributed by atoms with Crippen molar-refractivity contribution in [2.24, 2.45) is 0 Å². The van der Waals surface area contributed by atoms with E-state index in [9.17, 15) is 4.79 Å². The molecular weight excluding hydrogens is 196 g/mol. The van der Waals surface area contributed by atoms with Gasteiger partial charge in [0.15, 0.2) is 5.78 Å². The summed E-state index contributed by atoms with van der Waals surface area (Å²) in [5.41, 5.74) is 6.01. The van der Waals surface area contributed by atoms with Gasteiger partial charge in [0.05, 0.1) is 0 Å². The maximum atomic E-state index is 11.8. The third-order valence-corrected chi connectivity index (χ3v) is 4.38. The molecule has 0 aromatic rings. The van der Waals surface area contributed by atoms with Crippen LogP contribution in [0.15, 0.2) is 22.3 Å². The summed E-state index contributed by atoms with van der Waals surface area (Å²) in [5.74, 6) is 0.452. The van der Waals surface area contributed by atoms with Gasteiger partial charge in [-0.1, -0.05) is 5.57 Å². The molecule has 1 nitrogen and oxygen atoms in total. The molecule has 0 aromatic carbocycles. The molecule has 0 saturated heterocycles. The van der Waals surface area contributed by atoms with Crippen LogP contribution in [0.25, 0.3) is 0 Å². The van der Waals surface area contributed by atoms with Crippen LogP contribution in [0.5, 0.6) is 0 Å². The molecule has 3 aliphatic carbocycles. The molecule has 0 aromatic heterocycles. The van der Waals surface area contributed by atoms with Gasteiger partial charge in [0.25, 0.3) is 0 Å². The van der Waals surface area contributed by atoms with E-state index in [2.05, 4.69) is 0 Å². The second kappa shape index (κ2) is 4.20. The Kier molecular flexibility index (Phi) is 2.70. The monoisotopic (exact) mass is 216 g/mol. The first-order chi connectivity index (χ1) is 7.86. The summed E-state index contributed by atoms with van der Waals surface area (Å²) >= 11 is 0. The molecule has 16 heavy (non-hydrogen) atoms. The summed E-state index contributed by atoms with van der Waals surface area (Å²) < 4.78 is 0. The fraction of sp³-hybridized carbons (Fsp3) is 0.667. The summed E-state index contributed by atoms with van der Waals surface area (Å²) in [6, 6.07) is 0. The van der Waals surface area contributed by atoms with Crippen molar-refractivity contribution in [1.82, 2.24) is 0 Å². The molecule has 3 fully saturated rings. The lowest BCUT2D eigenvalue weighted by Gasteiger charge is -2.09. The van der Waals surface area contributed by atoms with Crippen molar-refractivity contribution in [3.63, 3.8) is 0 Å². The summed E-state index contributed by atoms with van der Waals surface area (Å²) in [6.07, 6.45) is 12.0. The first-order valence-electron chi connectivity index (χ1n) is 6.83. The summed E-state index contributed by atoms with van der Waals surface area (Å²) in [4.78, 5) is 11.8. The minimum absolute atomic E-state index is 0.452. The Hall–Kier alpha value is -0.850. The first-order valence-corrected chi connectivity index (χ1v) is 6.83. The lowest BCUT2D eigenvalue weighted by molar-refractivity contribution is -0.114. The summed E-state index contributed by atoms with van der Waals surface area (Å²) in [6.45, 7) is 0. The van der Waals surface area contributed by atoms with Crippen LogP contribution in [-0.4, -0.2) is 5.78 Å². The lowest BCUT2D eigenvalue weighted by atomic mass is 9.96. The van der Waals surface area contributed by atoms with Gasteiger partial charge in [0.1, 0.15) is 0 Å². The van der Waals surface area contributed by atoms with E-state index in [0.29, 0.717) is 5.78 Å². The Morgan fingerprint density at radius 1 is 0.562 bits per heavy atom. The number of carbonyl (C=O) groups excluding carboxylic acids is 1. The third kappa shape index (κ3) is 1.66. The molecule has 0 bridgehead atoms. The van der Waals surface area contributed by atoms with Gasteiger partial charge in [0.2, 0.25) is 0 Å². The van der Waals surface area contributed by atoms with Crippen LogP contribution in [0.4, 0.5) is 0 Å². The van der Waals surface area contributed by atoms with E-state index in [-0.39, 0.29) is 0 Å². The smallest absolute Gasteiger partial charge is 0.159 e. The van der Waals surface area contributed by atoms with E-state index in [1.54, 1.807) is 11.1 Å². The quantitative estimate of drug-likeness (QED) is 0.557. The molecule has 3 aliphatic rings. The topological polar surface area (TPSA) is 17.1 Å². The Balaban J connectivity index is 2.00. The van der Waals surface area contributed by atoms with Crippen LogP contribution < -0.4 is 0 Å². The van der Waals surface area contributed by atoms with Gasteiger partial charge in [-0.3, -0.25) is 4.79 Å². The maximum absolute atomic E-state index is 11.8. The predicted octanol–water partition coefficient (Wildman–Crippen LogP) is 4.09. The van der Waals surface area contributed by atoms with Crippen molar-refractivity contribution in [3.8, 4) is 0 Å². The van der Waals surface area contributed by atoms with Gasteiger partial charge < -0.3 is 0 Å². The SMILES string of the molecule is O=C1CCC/C1=C1\CCCC1=C1CCCC1. The third-order valence-electron chi connectivity index (χ3n) is 4.38. The molecule has 0 aliphatic heterocycles. The van der Waals surface area contributed by atoms with E-state index in [0.717, 1.165) is 19.3 Å². The van der Waals surface area contributed by atoms with Crippen LogP contribution in [0.1, 0.15) is 64.2 Å². The highest BCUT2D eigenvalue weighted by atomic mass is 16.1. The van der Waals surface area contributed by atoms with Gasteiger partial charge in [-0.15, -0.1) is 0 Å². The molecule has 0 atom stereocenters. The van der Waals surface area contributed by atoms with Crippen LogP contribution in [0, 0.1) is 0 Å². The lowest BCUT2D eigenvalue weighted by Crippen LogP contribution is -1.98. The zero-order valence-corrected chi connectivity index (χ0v) is 9.98. The summed E-state index contributed by atoms with van der Waals surface area (Å²) in [7, 11) is 0. The van der Waals surface area contributed by atoms with Crippen molar-refractivity contribution < 1.29 is 4.79 Å². The number of hydrogen-bond acceptors (Lipinski definition) is 1. The Morgan fingerprint density at radius 3 is 1.88 bits per heavy atom. The molecule has 3 saturated carbocycles. The average Bonchev–Trinajstić information content (AvgIpc) is 2.95. The molecule has 86 valence electrons. The van der Waals surface area contributed by atoms with Gasteiger partial charge in [-0.05, 0) is 74.5 Å². The van der Waals surface area contributed by atoms with Crippen LogP contribution >= 0.6 is 0 Å². The highest BCUT2D eigenvalue weighted by Gasteiger charge is 2.27. The van der Waals surface area contributed by atoms with E-state index < -0.39 is 0 Å². The number of allylic oxidation sites excluding steroid dienone is 4. The van der Waals surface area contributed by atoms with Gasteiger partial charge >= 0.3 is 0 Å². The largest absolute Gasteiger partial charge is 0.295 e. The molecule has 0 heterocycles. The average molecular weight is 216 g/mol. The molecular formula is C15H20O. The number of rotatable bonds is 0. The number of carbonyl (C=O) groups is 1. The normalized spacial score (nSPS) is 30.9. The Bertz CT molecular complexity index is 376. The second-order valence-electron chi connectivity index (χ2n) is 5.38. The highest BCUT2D eigenvalue weighted by molar-refractivity contribution is 5.98. The Labute approximate surface area is 97.6 Å². The zero-order chi connectivity index (χ0) is 11.0. The van der Waals surface area contributed by atoms with Crippen LogP contribution in [0.2, 0.25) is 0 Å². The predicted molar refractivity (Wildman–Crippen MR) is 65.2 cm³/mol. The molecule has 0 spiro atoms. The first kappa shape index (κ1) is 10.3. The number of hydrogen-bond donors (Lipinski definition) is 0. The van der Waals surface area contributed by atoms with Crippen molar-refractivity contribution in [2.75, 3.05) is 0 Å². The minimum atomic E-state index is 0.452. The van der Waals surface area contributed by atoms with Crippen molar-refractivity contribution >= 4 is 5.78 Å². The number of Topliss-reactive ketones (excluding diaryl/α,β-unsaturated/α-hetero) is 1. The molecule has 0 radical (unpaired) electrons. The fourth-order valence-electron chi connectivity index (χ4n) is 3.61. The maximum Gasteiger partial charge on any atom is 0.159 e.